The SMILES string of the molecule is C=P(CC(=O)OCC)(OCC)OCC. The highest BCUT2D eigenvalue weighted by atomic mass is 31.2. The number of ether oxygens (including phenoxy) is 1. The molecule has 0 radical (unpaired) electrons. The van der Waals surface area contributed by atoms with Crippen molar-refractivity contribution in [2.24, 2.45) is 0 Å². The smallest absolute Gasteiger partial charge is 0.314 e. The second kappa shape index (κ2) is 7.04. The van der Waals surface area contributed by atoms with Crippen molar-refractivity contribution < 1.29 is 18.6 Å². The third kappa shape index (κ3) is 5.43. The first kappa shape index (κ1) is 13.7. The van der Waals surface area contributed by atoms with Crippen LogP contribution in [0.15, 0.2) is 0 Å². The van der Waals surface area contributed by atoms with Gasteiger partial charge in [-0.05, 0) is 20.8 Å². The van der Waals surface area contributed by atoms with E-state index in [1.165, 1.54) is 0 Å². The van der Waals surface area contributed by atoms with Gasteiger partial charge in [0.25, 0.3) is 0 Å². The van der Waals surface area contributed by atoms with Crippen LogP contribution in [0.3, 0.4) is 0 Å². The van der Waals surface area contributed by atoms with Crippen molar-refractivity contribution in [1.82, 2.24) is 0 Å². The zero-order chi connectivity index (χ0) is 11.0. The van der Waals surface area contributed by atoms with Crippen LogP contribution in [0.4, 0.5) is 0 Å². The van der Waals surface area contributed by atoms with Crippen LogP contribution in [0, 0.1) is 0 Å². The topological polar surface area (TPSA) is 44.8 Å². The van der Waals surface area contributed by atoms with Gasteiger partial charge in [-0.1, -0.05) is 6.30 Å². The summed E-state index contributed by atoms with van der Waals surface area (Å²) < 4.78 is 15.5. The van der Waals surface area contributed by atoms with Gasteiger partial charge in [0.1, 0.15) is 13.5 Å². The highest BCUT2D eigenvalue weighted by Gasteiger charge is 2.20. The summed E-state index contributed by atoms with van der Waals surface area (Å²) in [6.07, 6.45) is 3.96. The third-order valence-corrected chi connectivity index (χ3v) is 3.60. The monoisotopic (exact) mass is 222 g/mol. The summed E-state index contributed by atoms with van der Waals surface area (Å²) in [5, 5.41) is 0. The minimum Gasteiger partial charge on any atom is -0.466 e. The zero-order valence-corrected chi connectivity index (χ0v) is 10.0. The van der Waals surface area contributed by atoms with Gasteiger partial charge < -0.3 is 13.8 Å². The molecular weight excluding hydrogens is 203 g/mol. The molecule has 0 amide bonds. The lowest BCUT2D eigenvalue weighted by Gasteiger charge is -2.22. The molecular formula is C9H19O4P. The summed E-state index contributed by atoms with van der Waals surface area (Å²) in [6, 6.07) is 0. The van der Waals surface area contributed by atoms with E-state index in [2.05, 4.69) is 6.30 Å². The van der Waals surface area contributed by atoms with E-state index in [1.807, 2.05) is 13.8 Å². The van der Waals surface area contributed by atoms with Crippen molar-refractivity contribution >= 4 is 19.6 Å². The van der Waals surface area contributed by atoms with Crippen molar-refractivity contribution in [3.8, 4) is 0 Å². The first-order valence-electron chi connectivity index (χ1n) is 4.75. The van der Waals surface area contributed by atoms with E-state index in [0.29, 0.717) is 19.8 Å². The molecule has 84 valence electrons. The Hall–Kier alpha value is -0.310. The fourth-order valence-corrected chi connectivity index (χ4v) is 2.69. The molecule has 5 heteroatoms. The molecule has 0 saturated carbocycles. The molecule has 0 spiro atoms. The Morgan fingerprint density at radius 3 is 2.00 bits per heavy atom. The molecule has 0 aliphatic heterocycles. The molecule has 0 aliphatic carbocycles. The zero-order valence-electron chi connectivity index (χ0n) is 9.12. The summed E-state index contributed by atoms with van der Waals surface area (Å²) in [6.45, 7) is 6.83. The summed E-state index contributed by atoms with van der Waals surface area (Å²) in [5.74, 6) is -0.308. The van der Waals surface area contributed by atoms with E-state index in [0.717, 1.165) is 0 Å². The van der Waals surface area contributed by atoms with E-state index in [-0.39, 0.29) is 12.1 Å². The quantitative estimate of drug-likeness (QED) is 0.487. The van der Waals surface area contributed by atoms with E-state index in [9.17, 15) is 4.79 Å². The maximum Gasteiger partial charge on any atom is 0.314 e. The van der Waals surface area contributed by atoms with E-state index in [4.69, 9.17) is 13.8 Å². The van der Waals surface area contributed by atoms with Crippen molar-refractivity contribution in [1.29, 1.82) is 0 Å². The van der Waals surface area contributed by atoms with Gasteiger partial charge in [0.15, 0.2) is 0 Å². The Labute approximate surface area is 85.7 Å². The van der Waals surface area contributed by atoms with Gasteiger partial charge in [-0.25, -0.2) is 0 Å². The number of carbonyl (C=O) groups is 1. The fourth-order valence-electron chi connectivity index (χ4n) is 1.00. The molecule has 0 aromatic rings. The molecule has 0 atom stereocenters. The van der Waals surface area contributed by atoms with Crippen molar-refractivity contribution in [2.45, 2.75) is 20.8 Å². The maximum atomic E-state index is 11.2. The lowest BCUT2D eigenvalue weighted by atomic mass is 10.8. The van der Waals surface area contributed by atoms with E-state index >= 15 is 0 Å². The number of esters is 1. The predicted molar refractivity (Wildman–Crippen MR) is 58.8 cm³/mol. The van der Waals surface area contributed by atoms with Gasteiger partial charge >= 0.3 is 5.97 Å². The summed E-state index contributed by atoms with van der Waals surface area (Å²) >= 11 is 0. The second-order valence-corrected chi connectivity index (χ2v) is 5.07. The Morgan fingerprint density at radius 1 is 1.14 bits per heavy atom. The summed E-state index contributed by atoms with van der Waals surface area (Å²) in [4.78, 5) is 11.2. The summed E-state index contributed by atoms with van der Waals surface area (Å²) in [7, 11) is -2.28. The molecule has 0 saturated heterocycles. The number of rotatable bonds is 7. The van der Waals surface area contributed by atoms with Crippen LogP contribution in [-0.4, -0.2) is 38.3 Å². The Morgan fingerprint density at radius 2 is 1.64 bits per heavy atom. The van der Waals surface area contributed by atoms with Crippen molar-refractivity contribution in [3.63, 3.8) is 0 Å². The van der Waals surface area contributed by atoms with Crippen LogP contribution in [0.1, 0.15) is 20.8 Å². The fraction of sp³-hybridized carbons (Fsp3) is 0.778. The van der Waals surface area contributed by atoms with Gasteiger partial charge in [-0.3, -0.25) is 4.79 Å². The average molecular weight is 222 g/mol. The largest absolute Gasteiger partial charge is 0.466 e. The summed E-state index contributed by atoms with van der Waals surface area (Å²) in [5.41, 5.74) is 0. The van der Waals surface area contributed by atoms with Gasteiger partial charge in [0.2, 0.25) is 0 Å². The number of carbonyl (C=O) groups excluding carboxylic acids is 1. The molecule has 0 N–H and O–H groups in total. The van der Waals surface area contributed by atoms with Gasteiger partial charge in [0.05, 0.1) is 19.8 Å². The molecule has 0 aliphatic rings. The molecule has 0 aromatic heterocycles. The standard InChI is InChI=1S/C9H19O4P/c1-5-11-9(10)8-14(4,12-6-2)13-7-3/h4-8H2,1-3H3. The highest BCUT2D eigenvalue weighted by Crippen LogP contribution is 2.47. The highest BCUT2D eigenvalue weighted by molar-refractivity contribution is 7.65. The molecule has 0 fully saturated rings. The number of hydrogen-bond donors (Lipinski definition) is 0. The normalized spacial score (nSPS) is 11.4. The van der Waals surface area contributed by atoms with Crippen molar-refractivity contribution in [3.05, 3.63) is 0 Å². The molecule has 4 nitrogen and oxygen atoms in total. The predicted octanol–water partition coefficient (Wildman–Crippen LogP) is 1.90. The third-order valence-electron chi connectivity index (χ3n) is 1.40. The van der Waals surface area contributed by atoms with Crippen LogP contribution in [0.2, 0.25) is 0 Å². The maximum absolute atomic E-state index is 11.2. The minimum absolute atomic E-state index is 0.127. The van der Waals surface area contributed by atoms with Crippen molar-refractivity contribution in [2.75, 3.05) is 26.0 Å². The van der Waals surface area contributed by atoms with Gasteiger partial charge in [-0.15, -0.1) is 0 Å². The lowest BCUT2D eigenvalue weighted by molar-refractivity contribution is -0.140. The first-order valence-corrected chi connectivity index (χ1v) is 6.74. The molecule has 0 aromatic carbocycles. The Balaban J connectivity index is 4.21. The minimum atomic E-state index is -2.28. The first-order chi connectivity index (χ1) is 6.58. The molecule has 0 rings (SSSR count). The molecule has 0 bridgehead atoms. The van der Waals surface area contributed by atoms with Crippen LogP contribution >= 0.6 is 7.34 Å². The second-order valence-electron chi connectivity index (χ2n) is 2.61. The lowest BCUT2D eigenvalue weighted by Crippen LogP contribution is -2.13. The molecule has 0 unspecified atom stereocenters. The Bertz CT molecular complexity index is 205. The molecule has 0 heterocycles. The Kier molecular flexibility index (Phi) is 6.89. The van der Waals surface area contributed by atoms with Gasteiger partial charge in [0, 0.05) is 0 Å². The van der Waals surface area contributed by atoms with Crippen LogP contribution in [0.5, 0.6) is 0 Å². The van der Waals surface area contributed by atoms with Crippen LogP contribution in [-0.2, 0) is 18.6 Å². The molecule has 14 heavy (non-hydrogen) atoms. The number of hydrogen-bond acceptors (Lipinski definition) is 4. The van der Waals surface area contributed by atoms with E-state index < -0.39 is 7.34 Å². The van der Waals surface area contributed by atoms with E-state index in [1.54, 1.807) is 6.92 Å². The van der Waals surface area contributed by atoms with Gasteiger partial charge in [-0.2, -0.15) is 0 Å². The van der Waals surface area contributed by atoms with Crippen LogP contribution < -0.4 is 0 Å². The average Bonchev–Trinajstić information content (AvgIpc) is 2.04. The van der Waals surface area contributed by atoms with Crippen LogP contribution in [0.25, 0.3) is 0 Å².